The summed E-state index contributed by atoms with van der Waals surface area (Å²) in [6.07, 6.45) is 0. The van der Waals surface area contributed by atoms with E-state index in [9.17, 15) is 38.5 Å². The minimum Gasteiger partial charge on any atom is -0.480 e. The van der Waals surface area contributed by atoms with E-state index in [4.69, 9.17) is 11.6 Å². The van der Waals surface area contributed by atoms with Crippen molar-refractivity contribution in [2.45, 2.75) is 17.9 Å². The van der Waals surface area contributed by atoms with Gasteiger partial charge in [0.1, 0.15) is 6.04 Å². The summed E-state index contributed by atoms with van der Waals surface area (Å²) in [5, 5.41) is 31.1. The fraction of sp³-hybridized carbons (Fsp3) is 0.133. The Hall–Kier alpha value is -3.25. The van der Waals surface area contributed by atoms with Crippen LogP contribution in [0.3, 0.4) is 0 Å². The predicted molar refractivity (Wildman–Crippen MR) is 98.0 cm³/mol. The number of hydrogen-bond donors (Lipinski definition) is 1. The third-order valence-corrected chi connectivity index (χ3v) is 5.87. The quantitative estimate of drug-likeness (QED) is 0.518. The maximum atomic E-state index is 13.1. The maximum Gasteiger partial charge on any atom is 0.327 e. The lowest BCUT2D eigenvalue weighted by Crippen LogP contribution is -2.43. The lowest BCUT2D eigenvalue weighted by molar-refractivity contribution is -0.385. The monoisotopic (exact) mass is 429 g/mol. The molecule has 1 N–H and O–H groups in total. The second-order valence-electron chi connectivity index (χ2n) is 5.46. The van der Waals surface area contributed by atoms with Gasteiger partial charge in [0, 0.05) is 24.3 Å². The minimum atomic E-state index is -4.68. The summed E-state index contributed by atoms with van der Waals surface area (Å²) >= 11 is 5.99. The largest absolute Gasteiger partial charge is 0.480 e. The SMILES string of the molecule is CC(C(=O)O)N(c1cc([N+](=O)[O-])ccc1Cl)S(=O)(=O)c1cccc([N+](=O)[O-])c1. The van der Waals surface area contributed by atoms with E-state index in [1.54, 1.807) is 0 Å². The molecular weight excluding hydrogens is 418 g/mol. The lowest BCUT2D eigenvalue weighted by Gasteiger charge is -2.28. The van der Waals surface area contributed by atoms with Gasteiger partial charge in [-0.1, -0.05) is 17.7 Å². The molecule has 0 heterocycles. The van der Waals surface area contributed by atoms with Crippen molar-refractivity contribution in [2.75, 3.05) is 4.31 Å². The van der Waals surface area contributed by atoms with Crippen LogP contribution in [0.15, 0.2) is 47.4 Å². The number of carbonyl (C=O) groups is 1. The fourth-order valence-corrected chi connectivity index (χ4v) is 4.22. The second-order valence-corrected chi connectivity index (χ2v) is 7.68. The highest BCUT2D eigenvalue weighted by atomic mass is 35.5. The zero-order valence-electron chi connectivity index (χ0n) is 14.1. The number of nitro benzene ring substituents is 2. The molecule has 1 unspecified atom stereocenters. The summed E-state index contributed by atoms with van der Waals surface area (Å²) in [5.41, 5.74) is -1.50. The topological polar surface area (TPSA) is 161 Å². The van der Waals surface area contributed by atoms with Crippen LogP contribution in [-0.2, 0) is 14.8 Å². The van der Waals surface area contributed by atoms with Gasteiger partial charge in [0.25, 0.3) is 21.4 Å². The molecule has 148 valence electrons. The third-order valence-electron chi connectivity index (χ3n) is 3.67. The number of carboxylic acid groups (broad SMARTS) is 1. The first kappa shape index (κ1) is 21.1. The van der Waals surface area contributed by atoms with Crippen molar-refractivity contribution >= 4 is 44.7 Å². The van der Waals surface area contributed by atoms with E-state index in [0.717, 1.165) is 49.4 Å². The Bertz CT molecular complexity index is 1070. The number of carboxylic acids is 1. The van der Waals surface area contributed by atoms with Gasteiger partial charge < -0.3 is 5.11 Å². The Morgan fingerprint density at radius 3 is 2.21 bits per heavy atom. The standard InChI is InChI=1S/C15H12ClN3O8S/c1-9(15(20)21)17(14-8-11(19(24)25)5-6-13(14)16)28(26,27)12-4-2-3-10(7-12)18(22)23/h2-9H,1H3,(H,20,21). The van der Waals surface area contributed by atoms with Crippen LogP contribution in [0.5, 0.6) is 0 Å². The van der Waals surface area contributed by atoms with Crippen molar-refractivity contribution < 1.29 is 28.2 Å². The first-order valence-corrected chi connectivity index (χ1v) is 9.24. The number of hydrogen-bond acceptors (Lipinski definition) is 7. The number of anilines is 1. The molecular formula is C15H12ClN3O8S. The number of nitro groups is 2. The first-order chi connectivity index (χ1) is 13.0. The highest BCUT2D eigenvalue weighted by Crippen LogP contribution is 2.35. The smallest absolute Gasteiger partial charge is 0.327 e. The summed E-state index contributed by atoms with van der Waals surface area (Å²) in [7, 11) is -4.68. The highest BCUT2D eigenvalue weighted by Gasteiger charge is 2.36. The Labute approximate surface area is 163 Å². The average molecular weight is 430 g/mol. The van der Waals surface area contributed by atoms with Gasteiger partial charge in [0.2, 0.25) is 0 Å². The molecule has 0 saturated heterocycles. The number of rotatable bonds is 7. The molecule has 0 aliphatic carbocycles. The van der Waals surface area contributed by atoms with Crippen molar-refractivity contribution in [1.29, 1.82) is 0 Å². The summed E-state index contributed by atoms with van der Waals surface area (Å²) in [6.45, 7) is 1.03. The summed E-state index contributed by atoms with van der Waals surface area (Å²) in [6, 6.07) is 5.14. The van der Waals surface area contributed by atoms with E-state index >= 15 is 0 Å². The van der Waals surface area contributed by atoms with E-state index in [0.29, 0.717) is 4.31 Å². The van der Waals surface area contributed by atoms with Gasteiger partial charge in [-0.15, -0.1) is 0 Å². The molecule has 0 radical (unpaired) electrons. The number of nitrogens with zero attached hydrogens (tertiary/aromatic N) is 3. The van der Waals surface area contributed by atoms with Gasteiger partial charge in [0.05, 0.1) is 25.5 Å². The summed E-state index contributed by atoms with van der Waals surface area (Å²) in [4.78, 5) is 31.3. The minimum absolute atomic E-state index is 0.257. The molecule has 0 fully saturated rings. The molecule has 0 aromatic heterocycles. The van der Waals surface area contributed by atoms with Crippen molar-refractivity contribution in [3.63, 3.8) is 0 Å². The van der Waals surface area contributed by atoms with E-state index in [1.807, 2.05) is 0 Å². The van der Waals surface area contributed by atoms with Gasteiger partial charge in [-0.2, -0.15) is 0 Å². The van der Waals surface area contributed by atoms with Crippen LogP contribution in [0.1, 0.15) is 6.92 Å². The molecule has 0 aliphatic rings. The molecule has 2 aromatic rings. The van der Waals surface area contributed by atoms with Crippen LogP contribution in [0.25, 0.3) is 0 Å². The van der Waals surface area contributed by atoms with Gasteiger partial charge >= 0.3 is 5.97 Å². The van der Waals surface area contributed by atoms with Gasteiger partial charge in [-0.05, 0) is 19.1 Å². The second kappa shape index (κ2) is 7.78. The van der Waals surface area contributed by atoms with Crippen molar-refractivity contribution in [3.8, 4) is 0 Å². The van der Waals surface area contributed by atoms with Crippen molar-refractivity contribution in [1.82, 2.24) is 0 Å². The van der Waals surface area contributed by atoms with E-state index in [2.05, 4.69) is 0 Å². The van der Waals surface area contributed by atoms with Crippen LogP contribution < -0.4 is 4.31 Å². The average Bonchev–Trinajstić information content (AvgIpc) is 2.62. The molecule has 0 aliphatic heterocycles. The number of non-ortho nitro benzene ring substituents is 2. The molecule has 13 heteroatoms. The number of halogens is 1. The molecule has 2 aromatic carbocycles. The van der Waals surface area contributed by atoms with Crippen LogP contribution in [0.2, 0.25) is 5.02 Å². The number of aliphatic carboxylic acids is 1. The zero-order valence-corrected chi connectivity index (χ0v) is 15.6. The van der Waals surface area contributed by atoms with Crippen LogP contribution >= 0.6 is 11.6 Å². The summed E-state index contributed by atoms with van der Waals surface area (Å²) in [5.74, 6) is -1.56. The van der Waals surface area contributed by atoms with Gasteiger partial charge in [-0.3, -0.25) is 24.5 Å². The molecule has 0 amide bonds. The predicted octanol–water partition coefficient (Wildman–Crippen LogP) is 2.82. The Morgan fingerprint density at radius 2 is 1.68 bits per heavy atom. The van der Waals surface area contributed by atoms with Gasteiger partial charge in [0.15, 0.2) is 0 Å². The van der Waals surface area contributed by atoms with Crippen LogP contribution in [0.4, 0.5) is 17.1 Å². The molecule has 0 saturated carbocycles. The molecule has 0 bridgehead atoms. The molecule has 2 rings (SSSR count). The van der Waals surface area contributed by atoms with Crippen LogP contribution in [0, 0.1) is 20.2 Å². The normalized spacial score (nSPS) is 12.2. The van der Waals surface area contributed by atoms with Crippen LogP contribution in [-0.4, -0.2) is 35.4 Å². The molecule has 0 spiro atoms. The van der Waals surface area contributed by atoms with E-state index in [-0.39, 0.29) is 5.02 Å². The Morgan fingerprint density at radius 1 is 1.11 bits per heavy atom. The van der Waals surface area contributed by atoms with E-state index in [1.165, 1.54) is 0 Å². The molecule has 1 atom stereocenters. The Kier molecular flexibility index (Phi) is 5.85. The third kappa shape index (κ3) is 4.02. The lowest BCUT2D eigenvalue weighted by atomic mass is 10.2. The number of sulfonamides is 1. The highest BCUT2D eigenvalue weighted by molar-refractivity contribution is 7.93. The molecule has 28 heavy (non-hydrogen) atoms. The van der Waals surface area contributed by atoms with Gasteiger partial charge in [-0.25, -0.2) is 13.2 Å². The van der Waals surface area contributed by atoms with E-state index < -0.39 is 53.8 Å². The van der Waals surface area contributed by atoms with Crippen molar-refractivity contribution in [3.05, 3.63) is 67.7 Å². The number of benzene rings is 2. The first-order valence-electron chi connectivity index (χ1n) is 7.42. The Balaban J connectivity index is 2.76. The fourth-order valence-electron chi connectivity index (χ4n) is 2.30. The maximum absolute atomic E-state index is 13.1. The summed E-state index contributed by atoms with van der Waals surface area (Å²) < 4.78 is 26.6. The van der Waals surface area contributed by atoms with Crippen molar-refractivity contribution in [2.24, 2.45) is 0 Å². The molecule has 11 nitrogen and oxygen atoms in total. The zero-order chi connectivity index (χ0) is 21.2.